The van der Waals surface area contributed by atoms with Crippen LogP contribution >= 0.6 is 0 Å². The molecule has 3 aromatic carbocycles. The van der Waals surface area contributed by atoms with Gasteiger partial charge in [-0.05, 0) is 68.3 Å². The quantitative estimate of drug-likeness (QED) is 0.400. The van der Waals surface area contributed by atoms with Crippen LogP contribution in [0.1, 0.15) is 37.5 Å². The highest BCUT2D eigenvalue weighted by Gasteiger charge is 2.24. The number of amides is 3. The molecule has 1 aliphatic heterocycles. The van der Waals surface area contributed by atoms with Gasteiger partial charge in [0.2, 0.25) is 5.91 Å². The maximum absolute atomic E-state index is 12.3. The maximum Gasteiger partial charge on any atom is 0.408 e. The fourth-order valence-corrected chi connectivity index (χ4v) is 3.82. The van der Waals surface area contributed by atoms with Gasteiger partial charge >= 0.3 is 6.09 Å². The number of nitrogens with two attached hydrogens (primary N) is 1. The smallest absolute Gasteiger partial charge is 0.408 e. The highest BCUT2D eigenvalue weighted by molar-refractivity contribution is 6.34. The predicted octanol–water partition coefficient (Wildman–Crippen LogP) is 4.89. The SMILES string of the molecule is CC(C)(C)OC(=O)NC(Cc1ccc(Oc2ccc(/C=C3\C(=O)Nc4ccccc43)cc2)cc1)C(N)=O. The molecule has 1 unspecified atom stereocenters. The number of alkyl carbamates (subject to hydrolysis) is 1. The summed E-state index contributed by atoms with van der Waals surface area (Å²) in [6, 6.07) is 21.2. The van der Waals surface area contributed by atoms with Crippen LogP contribution < -0.4 is 21.1 Å². The Morgan fingerprint density at radius 1 is 0.973 bits per heavy atom. The van der Waals surface area contributed by atoms with E-state index in [-0.39, 0.29) is 12.3 Å². The monoisotopic (exact) mass is 499 g/mol. The summed E-state index contributed by atoms with van der Waals surface area (Å²) in [5, 5.41) is 5.39. The molecule has 1 atom stereocenters. The van der Waals surface area contributed by atoms with Gasteiger partial charge in [-0.3, -0.25) is 9.59 Å². The van der Waals surface area contributed by atoms with E-state index in [0.29, 0.717) is 17.1 Å². The molecule has 4 rings (SSSR count). The first-order valence-corrected chi connectivity index (χ1v) is 11.9. The minimum atomic E-state index is -0.905. The van der Waals surface area contributed by atoms with Crippen molar-refractivity contribution in [3.63, 3.8) is 0 Å². The molecule has 8 heteroatoms. The number of carbonyl (C=O) groups is 3. The van der Waals surface area contributed by atoms with Crippen LogP contribution in [0.3, 0.4) is 0 Å². The number of hydrogen-bond donors (Lipinski definition) is 3. The molecule has 4 N–H and O–H groups in total. The van der Waals surface area contributed by atoms with Crippen LogP contribution in [-0.4, -0.2) is 29.6 Å². The number of para-hydroxylation sites is 1. The van der Waals surface area contributed by atoms with Crippen molar-refractivity contribution in [3.05, 3.63) is 89.5 Å². The number of rotatable bonds is 7. The zero-order chi connectivity index (χ0) is 26.6. The van der Waals surface area contributed by atoms with Crippen LogP contribution in [-0.2, 0) is 20.7 Å². The normalized spacial score (nSPS) is 14.5. The largest absolute Gasteiger partial charge is 0.457 e. The molecular formula is C29H29N3O5. The molecule has 0 aromatic heterocycles. The van der Waals surface area contributed by atoms with Gasteiger partial charge in [-0.25, -0.2) is 4.79 Å². The van der Waals surface area contributed by atoms with Gasteiger partial charge in [0.05, 0.1) is 0 Å². The summed E-state index contributed by atoms with van der Waals surface area (Å²) in [5.41, 5.74) is 8.76. The zero-order valence-corrected chi connectivity index (χ0v) is 20.9. The molecule has 0 spiro atoms. The first-order valence-electron chi connectivity index (χ1n) is 11.9. The lowest BCUT2D eigenvalue weighted by molar-refractivity contribution is -0.120. The molecule has 0 saturated carbocycles. The molecule has 3 amide bonds. The fraction of sp³-hybridized carbons (Fsp3) is 0.207. The first-order chi connectivity index (χ1) is 17.6. The van der Waals surface area contributed by atoms with Gasteiger partial charge in [0.15, 0.2) is 0 Å². The third kappa shape index (κ3) is 6.76. The van der Waals surface area contributed by atoms with E-state index < -0.39 is 23.6 Å². The van der Waals surface area contributed by atoms with Crippen molar-refractivity contribution in [1.82, 2.24) is 5.32 Å². The summed E-state index contributed by atoms with van der Waals surface area (Å²) in [4.78, 5) is 36.2. The lowest BCUT2D eigenvalue weighted by Gasteiger charge is -2.22. The fourth-order valence-electron chi connectivity index (χ4n) is 3.82. The summed E-state index contributed by atoms with van der Waals surface area (Å²) < 4.78 is 11.1. The Labute approximate surface area is 215 Å². The van der Waals surface area contributed by atoms with Gasteiger partial charge in [-0.15, -0.1) is 0 Å². The predicted molar refractivity (Wildman–Crippen MR) is 142 cm³/mol. The van der Waals surface area contributed by atoms with Crippen LogP contribution in [0.5, 0.6) is 11.5 Å². The molecule has 37 heavy (non-hydrogen) atoms. The Morgan fingerprint density at radius 2 is 1.59 bits per heavy atom. The van der Waals surface area contributed by atoms with Crippen molar-refractivity contribution in [2.24, 2.45) is 5.73 Å². The van der Waals surface area contributed by atoms with Crippen LogP contribution in [0.2, 0.25) is 0 Å². The number of carbonyl (C=O) groups excluding carboxylic acids is 3. The van der Waals surface area contributed by atoms with Crippen LogP contribution in [0.25, 0.3) is 11.6 Å². The molecule has 0 fully saturated rings. The van der Waals surface area contributed by atoms with E-state index in [9.17, 15) is 14.4 Å². The Hall–Kier alpha value is -4.59. The Kier molecular flexibility index (Phi) is 7.29. The number of primary amides is 1. The van der Waals surface area contributed by atoms with Crippen molar-refractivity contribution in [2.75, 3.05) is 5.32 Å². The number of anilines is 1. The summed E-state index contributed by atoms with van der Waals surface area (Å²) >= 11 is 0. The second kappa shape index (κ2) is 10.6. The maximum atomic E-state index is 12.3. The highest BCUT2D eigenvalue weighted by atomic mass is 16.6. The second-order valence-corrected chi connectivity index (χ2v) is 9.68. The minimum absolute atomic E-state index is 0.124. The van der Waals surface area contributed by atoms with Crippen molar-refractivity contribution >= 4 is 35.2 Å². The van der Waals surface area contributed by atoms with Gasteiger partial charge in [0.25, 0.3) is 5.91 Å². The third-order valence-corrected chi connectivity index (χ3v) is 5.53. The number of fused-ring (bicyclic) bond motifs is 1. The van der Waals surface area contributed by atoms with E-state index in [1.54, 1.807) is 45.0 Å². The summed E-state index contributed by atoms with van der Waals surface area (Å²) in [7, 11) is 0. The first kappa shape index (κ1) is 25.5. The number of hydrogen-bond acceptors (Lipinski definition) is 5. The molecule has 0 radical (unpaired) electrons. The third-order valence-electron chi connectivity index (χ3n) is 5.53. The molecule has 8 nitrogen and oxygen atoms in total. The number of benzene rings is 3. The molecule has 3 aromatic rings. The van der Waals surface area contributed by atoms with Gasteiger partial charge in [-0.2, -0.15) is 0 Å². The van der Waals surface area contributed by atoms with Gasteiger partial charge < -0.3 is 25.8 Å². The Balaban J connectivity index is 1.38. The topological polar surface area (TPSA) is 120 Å². The summed E-state index contributed by atoms with van der Waals surface area (Å²) in [5.74, 6) is 0.462. The lowest BCUT2D eigenvalue weighted by Crippen LogP contribution is -2.47. The van der Waals surface area contributed by atoms with Crippen LogP contribution in [0.15, 0.2) is 72.8 Å². The Morgan fingerprint density at radius 3 is 2.22 bits per heavy atom. The minimum Gasteiger partial charge on any atom is -0.457 e. The molecule has 1 heterocycles. The van der Waals surface area contributed by atoms with Crippen LogP contribution in [0, 0.1) is 0 Å². The van der Waals surface area contributed by atoms with Crippen molar-refractivity contribution in [2.45, 2.75) is 38.8 Å². The average Bonchev–Trinajstić information content (AvgIpc) is 3.14. The average molecular weight is 500 g/mol. The molecular weight excluding hydrogens is 470 g/mol. The van der Waals surface area contributed by atoms with Gasteiger partial charge in [0.1, 0.15) is 23.1 Å². The molecule has 0 saturated heterocycles. The lowest BCUT2D eigenvalue weighted by atomic mass is 10.0. The molecule has 0 bridgehead atoms. The van der Waals surface area contributed by atoms with Crippen LogP contribution in [0.4, 0.5) is 10.5 Å². The summed E-state index contributed by atoms with van der Waals surface area (Å²) in [6.45, 7) is 5.22. The van der Waals surface area contributed by atoms with E-state index in [2.05, 4.69) is 10.6 Å². The van der Waals surface area contributed by atoms with Gasteiger partial charge in [0, 0.05) is 23.2 Å². The van der Waals surface area contributed by atoms with E-state index >= 15 is 0 Å². The molecule has 190 valence electrons. The highest BCUT2D eigenvalue weighted by Crippen LogP contribution is 2.33. The van der Waals surface area contributed by atoms with Crippen molar-refractivity contribution in [3.8, 4) is 11.5 Å². The van der Waals surface area contributed by atoms with Gasteiger partial charge in [-0.1, -0.05) is 42.5 Å². The Bertz CT molecular complexity index is 1340. The van der Waals surface area contributed by atoms with E-state index in [1.165, 1.54) is 0 Å². The molecule has 1 aliphatic rings. The second-order valence-electron chi connectivity index (χ2n) is 9.68. The van der Waals surface area contributed by atoms with E-state index in [1.807, 2.05) is 54.6 Å². The number of nitrogens with one attached hydrogen (secondary N) is 2. The number of ether oxygens (including phenoxy) is 2. The van der Waals surface area contributed by atoms with Crippen molar-refractivity contribution in [1.29, 1.82) is 0 Å². The van der Waals surface area contributed by atoms with Crippen molar-refractivity contribution < 1.29 is 23.9 Å². The zero-order valence-electron chi connectivity index (χ0n) is 20.9. The van der Waals surface area contributed by atoms with E-state index in [0.717, 1.165) is 22.4 Å². The summed E-state index contributed by atoms with van der Waals surface area (Å²) in [6.07, 6.45) is 1.36. The van der Waals surface area contributed by atoms with E-state index in [4.69, 9.17) is 15.2 Å². The standard InChI is InChI=1S/C29H29N3O5/c1-29(2,3)37-28(35)32-25(26(30)33)17-19-10-14-21(15-11-19)36-20-12-8-18(9-13-20)16-23-22-6-4-5-7-24(22)31-27(23)34/h4-16,25H,17H2,1-3H3,(H2,30,33)(H,31,34)(H,32,35)/b23-16-. The molecule has 0 aliphatic carbocycles.